The lowest BCUT2D eigenvalue weighted by atomic mass is 9.92. The van der Waals surface area contributed by atoms with E-state index in [0.717, 1.165) is 55.2 Å². The minimum atomic E-state index is -1.74. The highest BCUT2D eigenvalue weighted by molar-refractivity contribution is 6.74. The first kappa shape index (κ1) is 29.1. The summed E-state index contributed by atoms with van der Waals surface area (Å²) in [6.07, 6.45) is 7.60. The molecule has 5 nitrogen and oxygen atoms in total. The standard InChI is InChI=1S/C31H44ClNO4Si/c1-31(2,3)38(5,6)37-17-7-16-36-29-13-10-24(21-27(29)32)26(20-22-14-18-35-19-15-22)28-12-11-25(23-8-9-23)30(33-28)34-4/h10-13,20-23H,7-9,14-19H2,1-6H3/b26-20+. The van der Waals surface area contributed by atoms with Gasteiger partial charge >= 0.3 is 0 Å². The number of benzene rings is 1. The Bertz CT molecular complexity index is 1120. The number of nitrogens with zero attached hydrogens (tertiary/aromatic N) is 1. The van der Waals surface area contributed by atoms with Gasteiger partial charge in [-0.1, -0.05) is 50.6 Å². The van der Waals surface area contributed by atoms with E-state index in [4.69, 9.17) is 35.2 Å². The number of ether oxygens (including phenoxy) is 3. The predicted molar refractivity (Wildman–Crippen MR) is 158 cm³/mol. The molecule has 1 aromatic heterocycles. The van der Waals surface area contributed by atoms with Crippen LogP contribution >= 0.6 is 11.6 Å². The first-order chi connectivity index (χ1) is 18.1. The van der Waals surface area contributed by atoms with Crippen molar-refractivity contribution in [2.24, 2.45) is 5.92 Å². The second-order valence-corrected chi connectivity index (χ2v) is 17.3. The lowest BCUT2D eigenvalue weighted by Crippen LogP contribution is -2.41. The maximum atomic E-state index is 6.74. The summed E-state index contributed by atoms with van der Waals surface area (Å²) in [4.78, 5) is 4.95. The van der Waals surface area contributed by atoms with Crippen molar-refractivity contribution in [3.05, 3.63) is 58.3 Å². The number of methoxy groups -OCH3 is 1. The van der Waals surface area contributed by atoms with Gasteiger partial charge in [0.2, 0.25) is 5.88 Å². The van der Waals surface area contributed by atoms with Gasteiger partial charge in [0, 0.05) is 37.4 Å². The Labute approximate surface area is 235 Å². The van der Waals surface area contributed by atoms with E-state index in [9.17, 15) is 0 Å². The summed E-state index contributed by atoms with van der Waals surface area (Å²) >= 11 is 6.74. The number of rotatable bonds is 11. The van der Waals surface area contributed by atoms with Crippen molar-refractivity contribution in [2.75, 3.05) is 33.5 Å². The van der Waals surface area contributed by atoms with Crippen LogP contribution in [0.4, 0.5) is 0 Å². The average Bonchev–Trinajstić information content (AvgIpc) is 3.73. The number of aromatic nitrogens is 1. The minimum absolute atomic E-state index is 0.208. The molecule has 0 unspecified atom stereocenters. The molecule has 1 aliphatic heterocycles. The highest BCUT2D eigenvalue weighted by Gasteiger charge is 2.36. The van der Waals surface area contributed by atoms with Crippen LogP contribution in [0.2, 0.25) is 23.2 Å². The number of hydrogen-bond acceptors (Lipinski definition) is 5. The molecule has 2 heterocycles. The van der Waals surface area contributed by atoms with Gasteiger partial charge in [0.15, 0.2) is 8.32 Å². The number of pyridine rings is 1. The van der Waals surface area contributed by atoms with Gasteiger partial charge in [-0.15, -0.1) is 0 Å². The number of halogens is 1. The maximum Gasteiger partial charge on any atom is 0.217 e. The van der Waals surface area contributed by atoms with E-state index in [0.29, 0.717) is 35.8 Å². The zero-order chi connectivity index (χ0) is 27.3. The third-order valence-electron chi connectivity index (χ3n) is 8.10. The molecule has 1 saturated heterocycles. The lowest BCUT2D eigenvalue weighted by molar-refractivity contribution is 0.0786. The smallest absolute Gasteiger partial charge is 0.217 e. The summed E-state index contributed by atoms with van der Waals surface area (Å²) in [5, 5.41) is 0.812. The Morgan fingerprint density at radius 1 is 1.08 bits per heavy atom. The first-order valence-corrected chi connectivity index (χ1v) is 17.3. The van der Waals surface area contributed by atoms with E-state index in [-0.39, 0.29) is 5.04 Å². The van der Waals surface area contributed by atoms with Crippen molar-refractivity contribution in [1.29, 1.82) is 0 Å². The molecule has 0 amide bonds. The summed E-state index contributed by atoms with van der Waals surface area (Å²) in [7, 11) is -0.0318. The topological polar surface area (TPSA) is 49.8 Å². The van der Waals surface area contributed by atoms with Crippen LogP contribution in [-0.2, 0) is 9.16 Å². The fourth-order valence-corrected chi connectivity index (χ4v) is 5.81. The van der Waals surface area contributed by atoms with Gasteiger partial charge in [-0.05, 0) is 79.4 Å². The summed E-state index contributed by atoms with van der Waals surface area (Å²) in [6.45, 7) is 14.2. The van der Waals surface area contributed by atoms with Gasteiger partial charge in [-0.25, -0.2) is 4.98 Å². The molecule has 0 N–H and O–H groups in total. The van der Waals surface area contributed by atoms with Crippen LogP contribution in [0.15, 0.2) is 36.4 Å². The average molecular weight is 558 g/mol. The van der Waals surface area contributed by atoms with Crippen LogP contribution in [0.5, 0.6) is 11.6 Å². The summed E-state index contributed by atoms with van der Waals surface area (Å²) in [6, 6.07) is 10.4. The SMILES string of the molecule is COc1nc(/C(=C/C2CCOCC2)c2ccc(OCCCO[Si](C)(C)C(C)(C)C)c(Cl)c2)ccc1C1CC1. The third-order valence-corrected chi connectivity index (χ3v) is 12.9. The molecule has 208 valence electrons. The van der Waals surface area contributed by atoms with Crippen LogP contribution in [0, 0.1) is 5.92 Å². The van der Waals surface area contributed by atoms with Gasteiger partial charge in [0.1, 0.15) is 5.75 Å². The van der Waals surface area contributed by atoms with Gasteiger partial charge in [-0.3, -0.25) is 0 Å². The van der Waals surface area contributed by atoms with Crippen molar-refractivity contribution >= 4 is 25.5 Å². The minimum Gasteiger partial charge on any atom is -0.492 e. The van der Waals surface area contributed by atoms with Crippen molar-refractivity contribution in [1.82, 2.24) is 4.98 Å². The number of hydrogen-bond donors (Lipinski definition) is 0. The zero-order valence-electron chi connectivity index (χ0n) is 23.9. The highest BCUT2D eigenvalue weighted by atomic mass is 35.5. The van der Waals surface area contributed by atoms with Crippen LogP contribution in [0.25, 0.3) is 5.57 Å². The zero-order valence-corrected chi connectivity index (χ0v) is 25.7. The maximum absolute atomic E-state index is 6.74. The lowest BCUT2D eigenvalue weighted by Gasteiger charge is -2.36. The van der Waals surface area contributed by atoms with Crippen molar-refractivity contribution in [2.45, 2.75) is 76.9 Å². The van der Waals surface area contributed by atoms with Crippen LogP contribution < -0.4 is 9.47 Å². The molecule has 4 rings (SSSR count). The number of allylic oxidation sites excluding steroid dienone is 1. The molecule has 2 aromatic rings. The van der Waals surface area contributed by atoms with E-state index >= 15 is 0 Å². The van der Waals surface area contributed by atoms with E-state index in [1.54, 1.807) is 7.11 Å². The van der Waals surface area contributed by atoms with Crippen LogP contribution in [0.3, 0.4) is 0 Å². The molecule has 2 aliphatic rings. The Morgan fingerprint density at radius 2 is 1.82 bits per heavy atom. The fraction of sp³-hybridized carbons (Fsp3) is 0.581. The molecule has 0 spiro atoms. The second kappa shape index (κ2) is 12.5. The molecule has 0 radical (unpaired) electrons. The van der Waals surface area contributed by atoms with Crippen molar-refractivity contribution in [3.8, 4) is 11.6 Å². The van der Waals surface area contributed by atoms with Crippen molar-refractivity contribution < 1.29 is 18.6 Å². The monoisotopic (exact) mass is 557 g/mol. The summed E-state index contributed by atoms with van der Waals surface area (Å²) in [5.41, 5.74) is 4.23. The largest absolute Gasteiger partial charge is 0.492 e. The summed E-state index contributed by atoms with van der Waals surface area (Å²) in [5.74, 6) is 2.44. The molecule has 1 aromatic carbocycles. The molecule has 0 atom stereocenters. The van der Waals surface area contributed by atoms with Gasteiger partial charge in [-0.2, -0.15) is 0 Å². The normalized spacial score (nSPS) is 17.5. The van der Waals surface area contributed by atoms with E-state index in [1.807, 2.05) is 12.1 Å². The predicted octanol–water partition coefficient (Wildman–Crippen LogP) is 8.27. The quantitative estimate of drug-likeness (QED) is 0.205. The molecular formula is C31H44ClNO4Si. The Kier molecular flexibility index (Phi) is 9.61. The highest BCUT2D eigenvalue weighted by Crippen LogP contribution is 2.44. The molecular weight excluding hydrogens is 514 g/mol. The van der Waals surface area contributed by atoms with Crippen LogP contribution in [-0.4, -0.2) is 46.8 Å². The Morgan fingerprint density at radius 3 is 2.45 bits per heavy atom. The third kappa shape index (κ3) is 7.41. The van der Waals surface area contributed by atoms with E-state index in [2.05, 4.69) is 58.1 Å². The molecule has 0 bridgehead atoms. The molecule has 1 saturated carbocycles. The Hall–Kier alpha value is -1.86. The van der Waals surface area contributed by atoms with E-state index < -0.39 is 8.32 Å². The fourth-order valence-electron chi connectivity index (χ4n) is 4.49. The van der Waals surface area contributed by atoms with Crippen LogP contribution in [0.1, 0.15) is 75.6 Å². The molecule has 38 heavy (non-hydrogen) atoms. The van der Waals surface area contributed by atoms with E-state index in [1.165, 1.54) is 18.4 Å². The molecule has 7 heteroatoms. The van der Waals surface area contributed by atoms with Gasteiger partial charge in [0.05, 0.1) is 24.4 Å². The molecule has 1 aliphatic carbocycles. The first-order valence-electron chi connectivity index (χ1n) is 14.0. The van der Waals surface area contributed by atoms with Gasteiger partial charge < -0.3 is 18.6 Å². The second-order valence-electron chi connectivity index (χ2n) is 12.1. The summed E-state index contributed by atoms with van der Waals surface area (Å²) < 4.78 is 23.6. The van der Waals surface area contributed by atoms with Crippen molar-refractivity contribution in [3.63, 3.8) is 0 Å². The van der Waals surface area contributed by atoms with Gasteiger partial charge in [0.25, 0.3) is 0 Å². The Balaban J connectivity index is 1.49. The molecule has 2 fully saturated rings.